The molecule has 0 aliphatic heterocycles. The van der Waals surface area contributed by atoms with Crippen LogP contribution in [0.4, 0.5) is 0 Å². The van der Waals surface area contributed by atoms with Crippen molar-refractivity contribution in [1.82, 2.24) is 9.78 Å². The Morgan fingerprint density at radius 2 is 2.00 bits per heavy atom. The van der Waals surface area contributed by atoms with Crippen LogP contribution in [0, 0.1) is 6.92 Å². The highest BCUT2D eigenvalue weighted by Crippen LogP contribution is 2.23. The number of aromatic carboxylic acids is 1. The fourth-order valence-corrected chi connectivity index (χ4v) is 1.86. The van der Waals surface area contributed by atoms with Crippen molar-refractivity contribution < 1.29 is 9.90 Å². The minimum atomic E-state index is -1.04. The zero-order chi connectivity index (χ0) is 11.7. The third-order valence-electron chi connectivity index (χ3n) is 2.25. The molecule has 5 heteroatoms. The minimum Gasteiger partial charge on any atom is -0.476 e. The maximum Gasteiger partial charge on any atom is 0.357 e. The fraction of sp³-hybridized carbons (Fsp3) is 0.0909. The predicted molar refractivity (Wildman–Crippen MR) is 63.0 cm³/mol. The summed E-state index contributed by atoms with van der Waals surface area (Å²) in [7, 11) is 0. The summed E-state index contributed by atoms with van der Waals surface area (Å²) in [6, 6.07) is 9.40. The lowest BCUT2D eigenvalue weighted by molar-refractivity contribution is 0.0689. The molecule has 1 aromatic heterocycles. The van der Waals surface area contributed by atoms with Crippen molar-refractivity contribution in [3.8, 4) is 5.69 Å². The molecular weight excluding hydrogens is 272 g/mol. The van der Waals surface area contributed by atoms with E-state index in [0.29, 0.717) is 4.47 Å². The van der Waals surface area contributed by atoms with Crippen LogP contribution in [0.15, 0.2) is 34.8 Å². The number of nitrogens with zero attached hydrogens (tertiary/aromatic N) is 2. The van der Waals surface area contributed by atoms with Crippen LogP contribution >= 0.6 is 15.9 Å². The van der Waals surface area contributed by atoms with E-state index in [0.717, 1.165) is 11.4 Å². The van der Waals surface area contributed by atoms with Gasteiger partial charge in [-0.2, -0.15) is 5.10 Å². The predicted octanol–water partition coefficient (Wildman–Crippen LogP) is 2.64. The third-order valence-corrected chi connectivity index (χ3v) is 3.20. The van der Waals surface area contributed by atoms with Crippen molar-refractivity contribution in [2.24, 2.45) is 0 Å². The van der Waals surface area contributed by atoms with Gasteiger partial charge in [0.05, 0.1) is 15.9 Å². The Morgan fingerprint density at radius 1 is 1.38 bits per heavy atom. The molecule has 0 amide bonds. The lowest BCUT2D eigenvalue weighted by Crippen LogP contribution is -2.01. The first-order valence-corrected chi connectivity index (χ1v) is 5.44. The molecular formula is C11H9BrN2O2. The van der Waals surface area contributed by atoms with Crippen LogP contribution in [0.2, 0.25) is 0 Å². The Bertz CT molecular complexity index is 534. The van der Waals surface area contributed by atoms with Crippen molar-refractivity contribution in [2.45, 2.75) is 6.92 Å². The molecule has 4 nitrogen and oxygen atoms in total. The number of halogens is 1. The SMILES string of the molecule is Cc1c(Br)c(C(=O)O)nn1-c1ccccc1. The molecule has 2 aromatic rings. The van der Waals surface area contributed by atoms with Gasteiger partial charge in [-0.25, -0.2) is 9.48 Å². The first kappa shape index (κ1) is 10.9. The van der Waals surface area contributed by atoms with Crippen LogP contribution in [-0.2, 0) is 0 Å². The van der Waals surface area contributed by atoms with E-state index in [9.17, 15) is 4.79 Å². The van der Waals surface area contributed by atoms with Gasteiger partial charge in [-0.05, 0) is 35.0 Å². The maximum absolute atomic E-state index is 10.9. The summed E-state index contributed by atoms with van der Waals surface area (Å²) in [6.07, 6.45) is 0. The molecule has 0 aliphatic rings. The van der Waals surface area contributed by atoms with Crippen LogP contribution in [-0.4, -0.2) is 20.9 Å². The highest BCUT2D eigenvalue weighted by molar-refractivity contribution is 9.10. The van der Waals surface area contributed by atoms with Crippen LogP contribution in [0.3, 0.4) is 0 Å². The van der Waals surface area contributed by atoms with Gasteiger partial charge in [0, 0.05) is 0 Å². The topological polar surface area (TPSA) is 55.1 Å². The molecule has 0 fully saturated rings. The van der Waals surface area contributed by atoms with Gasteiger partial charge in [-0.3, -0.25) is 0 Å². The Labute approximate surface area is 101 Å². The molecule has 0 saturated carbocycles. The Kier molecular flexibility index (Phi) is 2.78. The molecule has 2 rings (SSSR count). The lowest BCUT2D eigenvalue weighted by atomic mass is 10.3. The van der Waals surface area contributed by atoms with Gasteiger partial charge in [0.1, 0.15) is 0 Å². The molecule has 1 aromatic carbocycles. The molecule has 0 radical (unpaired) electrons. The van der Waals surface area contributed by atoms with E-state index in [1.165, 1.54) is 0 Å². The van der Waals surface area contributed by atoms with Gasteiger partial charge in [-0.15, -0.1) is 0 Å². The van der Waals surface area contributed by atoms with Gasteiger partial charge < -0.3 is 5.11 Å². The first-order chi connectivity index (χ1) is 7.61. The van der Waals surface area contributed by atoms with Crippen LogP contribution < -0.4 is 0 Å². The van der Waals surface area contributed by atoms with Crippen molar-refractivity contribution in [1.29, 1.82) is 0 Å². The first-order valence-electron chi connectivity index (χ1n) is 4.65. The van der Waals surface area contributed by atoms with Crippen molar-refractivity contribution >= 4 is 21.9 Å². The average molecular weight is 281 g/mol. The number of para-hydroxylation sites is 1. The second kappa shape index (κ2) is 4.09. The van der Waals surface area contributed by atoms with E-state index in [2.05, 4.69) is 21.0 Å². The maximum atomic E-state index is 10.9. The summed E-state index contributed by atoms with van der Waals surface area (Å²) >= 11 is 3.23. The monoisotopic (exact) mass is 280 g/mol. The second-order valence-corrected chi connectivity index (χ2v) is 4.09. The molecule has 0 unspecified atom stereocenters. The van der Waals surface area contributed by atoms with Crippen molar-refractivity contribution in [3.05, 3.63) is 46.2 Å². The number of benzene rings is 1. The van der Waals surface area contributed by atoms with Gasteiger partial charge in [0.15, 0.2) is 5.69 Å². The highest BCUT2D eigenvalue weighted by Gasteiger charge is 2.18. The average Bonchev–Trinajstić information content (AvgIpc) is 2.58. The minimum absolute atomic E-state index is 0.0290. The number of hydrogen-bond acceptors (Lipinski definition) is 2. The molecule has 1 heterocycles. The number of aromatic nitrogens is 2. The number of rotatable bonds is 2. The zero-order valence-corrected chi connectivity index (χ0v) is 10.1. The number of carbonyl (C=O) groups is 1. The molecule has 0 aliphatic carbocycles. The van der Waals surface area contributed by atoms with Crippen molar-refractivity contribution in [3.63, 3.8) is 0 Å². The van der Waals surface area contributed by atoms with Gasteiger partial charge in [0.25, 0.3) is 0 Å². The Hall–Kier alpha value is -1.62. The van der Waals surface area contributed by atoms with Gasteiger partial charge in [0.2, 0.25) is 0 Å². The summed E-state index contributed by atoms with van der Waals surface area (Å²) in [5.74, 6) is -1.04. The van der Waals surface area contributed by atoms with E-state index in [4.69, 9.17) is 5.11 Å². The van der Waals surface area contributed by atoms with E-state index in [1.54, 1.807) is 4.68 Å². The summed E-state index contributed by atoms with van der Waals surface area (Å²) in [5, 5.41) is 13.0. The standard InChI is InChI=1S/C11H9BrN2O2/c1-7-9(12)10(11(15)16)13-14(7)8-5-3-2-4-6-8/h2-6H,1H3,(H,15,16). The Balaban J connectivity index is 2.60. The van der Waals surface area contributed by atoms with E-state index >= 15 is 0 Å². The van der Waals surface area contributed by atoms with Crippen LogP contribution in [0.25, 0.3) is 5.69 Å². The van der Waals surface area contributed by atoms with Gasteiger partial charge >= 0.3 is 5.97 Å². The zero-order valence-electron chi connectivity index (χ0n) is 8.51. The fourth-order valence-electron chi connectivity index (χ4n) is 1.44. The Morgan fingerprint density at radius 3 is 2.50 bits per heavy atom. The highest BCUT2D eigenvalue weighted by atomic mass is 79.9. The molecule has 82 valence electrons. The third kappa shape index (κ3) is 1.74. The molecule has 0 spiro atoms. The molecule has 16 heavy (non-hydrogen) atoms. The van der Waals surface area contributed by atoms with E-state index < -0.39 is 5.97 Å². The van der Waals surface area contributed by atoms with E-state index in [-0.39, 0.29) is 5.69 Å². The summed E-state index contributed by atoms with van der Waals surface area (Å²) < 4.78 is 2.12. The summed E-state index contributed by atoms with van der Waals surface area (Å²) in [4.78, 5) is 10.9. The normalized spacial score (nSPS) is 10.4. The largest absolute Gasteiger partial charge is 0.476 e. The summed E-state index contributed by atoms with van der Waals surface area (Å²) in [6.45, 7) is 1.82. The van der Waals surface area contributed by atoms with Crippen molar-refractivity contribution in [2.75, 3.05) is 0 Å². The van der Waals surface area contributed by atoms with Crippen LogP contribution in [0.1, 0.15) is 16.2 Å². The molecule has 0 bridgehead atoms. The number of carboxylic acids is 1. The van der Waals surface area contributed by atoms with Crippen LogP contribution in [0.5, 0.6) is 0 Å². The summed E-state index contributed by atoms with van der Waals surface area (Å²) in [5.41, 5.74) is 1.64. The number of hydrogen-bond donors (Lipinski definition) is 1. The lowest BCUT2D eigenvalue weighted by Gasteiger charge is -2.02. The quantitative estimate of drug-likeness (QED) is 0.920. The van der Waals surface area contributed by atoms with Gasteiger partial charge in [-0.1, -0.05) is 18.2 Å². The smallest absolute Gasteiger partial charge is 0.357 e. The molecule has 0 atom stereocenters. The second-order valence-electron chi connectivity index (χ2n) is 3.30. The van der Waals surface area contributed by atoms with E-state index in [1.807, 2.05) is 37.3 Å². The molecule has 0 saturated heterocycles. The number of carboxylic acid groups (broad SMARTS) is 1. The molecule has 1 N–H and O–H groups in total.